The van der Waals surface area contributed by atoms with E-state index in [2.05, 4.69) is 29.1 Å². The molecule has 1 rings (SSSR count). The highest BCUT2D eigenvalue weighted by Gasteiger charge is 2.20. The van der Waals surface area contributed by atoms with Gasteiger partial charge in [0, 0.05) is 12.1 Å². The van der Waals surface area contributed by atoms with Gasteiger partial charge in [-0.25, -0.2) is 0 Å². The Kier molecular flexibility index (Phi) is 4.49. The molecule has 3 N–H and O–H groups in total. The third-order valence-corrected chi connectivity index (χ3v) is 2.57. The van der Waals surface area contributed by atoms with Gasteiger partial charge in [-0.15, -0.1) is 0 Å². The van der Waals surface area contributed by atoms with Crippen LogP contribution in [-0.2, 0) is 0 Å². The van der Waals surface area contributed by atoms with E-state index in [-0.39, 0.29) is 5.54 Å². The lowest BCUT2D eigenvalue weighted by Crippen LogP contribution is -2.42. The number of nitrogens with zero attached hydrogens (tertiary/aromatic N) is 2. The van der Waals surface area contributed by atoms with E-state index in [1.54, 1.807) is 12.4 Å². The average Bonchev–Trinajstić information content (AvgIpc) is 2.30. The van der Waals surface area contributed by atoms with Gasteiger partial charge in [-0.1, -0.05) is 6.92 Å². The van der Waals surface area contributed by atoms with Crippen LogP contribution in [0.25, 0.3) is 0 Å². The summed E-state index contributed by atoms with van der Waals surface area (Å²) in [6, 6.07) is 0. The maximum atomic E-state index is 5.72. The van der Waals surface area contributed by atoms with E-state index in [1.807, 2.05) is 6.92 Å². The van der Waals surface area contributed by atoms with E-state index in [1.165, 1.54) is 0 Å². The Morgan fingerprint density at radius 3 is 2.75 bits per heavy atom. The fraction of sp³-hybridized carbons (Fsp3) is 0.636. The summed E-state index contributed by atoms with van der Waals surface area (Å²) in [4.78, 5) is 8.36. The van der Waals surface area contributed by atoms with Crippen molar-refractivity contribution in [1.29, 1.82) is 0 Å². The number of nitrogens with two attached hydrogens (primary N) is 1. The van der Waals surface area contributed by atoms with Crippen LogP contribution in [0.1, 0.15) is 27.2 Å². The molecule has 1 aromatic heterocycles. The van der Waals surface area contributed by atoms with Gasteiger partial charge in [-0.05, 0) is 20.3 Å². The largest absolute Gasteiger partial charge is 0.477 e. The van der Waals surface area contributed by atoms with Crippen molar-refractivity contribution in [2.75, 3.05) is 18.5 Å². The van der Waals surface area contributed by atoms with E-state index in [4.69, 9.17) is 10.5 Å². The van der Waals surface area contributed by atoms with Gasteiger partial charge in [0.2, 0.25) is 5.88 Å². The van der Waals surface area contributed by atoms with E-state index in [0.717, 1.165) is 6.42 Å². The predicted molar refractivity (Wildman–Crippen MR) is 64.6 cm³/mol. The molecular formula is C11H20N4O. The maximum Gasteiger partial charge on any atom is 0.234 e. The Morgan fingerprint density at radius 2 is 2.19 bits per heavy atom. The predicted octanol–water partition coefficient (Wildman–Crippen LogP) is 1.41. The van der Waals surface area contributed by atoms with Crippen LogP contribution in [0, 0.1) is 0 Å². The maximum absolute atomic E-state index is 5.72. The van der Waals surface area contributed by atoms with Crippen molar-refractivity contribution in [2.24, 2.45) is 5.73 Å². The van der Waals surface area contributed by atoms with Crippen molar-refractivity contribution < 1.29 is 4.74 Å². The third-order valence-electron chi connectivity index (χ3n) is 2.57. The summed E-state index contributed by atoms with van der Waals surface area (Å²) in [6.45, 7) is 7.18. The molecule has 0 aromatic carbocycles. The summed E-state index contributed by atoms with van der Waals surface area (Å²) in [7, 11) is 0. The first-order valence-electron chi connectivity index (χ1n) is 5.56. The molecule has 1 aromatic rings. The fourth-order valence-electron chi connectivity index (χ4n) is 1.22. The lowest BCUT2D eigenvalue weighted by atomic mass is 9.99. The molecule has 0 saturated carbocycles. The summed E-state index contributed by atoms with van der Waals surface area (Å²) in [5, 5.41) is 3.27. The van der Waals surface area contributed by atoms with Gasteiger partial charge in [-0.2, -0.15) is 4.98 Å². The Morgan fingerprint density at radius 1 is 1.44 bits per heavy atom. The second-order valence-electron chi connectivity index (χ2n) is 3.92. The minimum Gasteiger partial charge on any atom is -0.477 e. The van der Waals surface area contributed by atoms with Crippen molar-refractivity contribution in [2.45, 2.75) is 32.7 Å². The van der Waals surface area contributed by atoms with E-state index >= 15 is 0 Å². The normalized spacial score (nSPS) is 14.2. The Bertz CT molecular complexity index is 326. The number of rotatable bonds is 6. The first-order valence-corrected chi connectivity index (χ1v) is 5.56. The molecule has 0 amide bonds. The van der Waals surface area contributed by atoms with Gasteiger partial charge in [0.15, 0.2) is 0 Å². The summed E-state index contributed by atoms with van der Waals surface area (Å²) in [6.07, 6.45) is 4.19. The van der Waals surface area contributed by atoms with Gasteiger partial charge in [-0.3, -0.25) is 4.98 Å². The minimum absolute atomic E-state index is 0.153. The van der Waals surface area contributed by atoms with Crippen molar-refractivity contribution in [3.05, 3.63) is 12.4 Å². The lowest BCUT2D eigenvalue weighted by Gasteiger charge is -2.28. The van der Waals surface area contributed by atoms with Crippen molar-refractivity contribution in [1.82, 2.24) is 9.97 Å². The number of ether oxygens (including phenoxy) is 1. The van der Waals surface area contributed by atoms with Crippen LogP contribution in [-0.4, -0.2) is 28.7 Å². The molecule has 0 fully saturated rings. The smallest absolute Gasteiger partial charge is 0.234 e. The Balaban J connectivity index is 2.76. The van der Waals surface area contributed by atoms with Crippen molar-refractivity contribution in [3.63, 3.8) is 0 Å². The molecule has 1 heterocycles. The third kappa shape index (κ3) is 3.34. The average molecular weight is 224 g/mol. The van der Waals surface area contributed by atoms with Gasteiger partial charge in [0.25, 0.3) is 0 Å². The fourth-order valence-corrected chi connectivity index (χ4v) is 1.22. The number of hydrogen-bond acceptors (Lipinski definition) is 5. The first-order chi connectivity index (χ1) is 7.63. The molecule has 0 aliphatic heterocycles. The highest BCUT2D eigenvalue weighted by molar-refractivity contribution is 5.36. The molecule has 0 aliphatic carbocycles. The number of aromatic nitrogens is 2. The van der Waals surface area contributed by atoms with E-state index in [0.29, 0.717) is 24.8 Å². The number of nitrogens with one attached hydrogen (secondary N) is 1. The van der Waals surface area contributed by atoms with Crippen LogP contribution in [0.5, 0.6) is 5.88 Å². The van der Waals surface area contributed by atoms with Crippen LogP contribution >= 0.6 is 0 Å². The van der Waals surface area contributed by atoms with Crippen LogP contribution < -0.4 is 15.8 Å². The quantitative estimate of drug-likeness (QED) is 0.764. The van der Waals surface area contributed by atoms with Crippen LogP contribution in [0.4, 0.5) is 5.82 Å². The second-order valence-corrected chi connectivity index (χ2v) is 3.92. The first kappa shape index (κ1) is 12.7. The molecule has 0 saturated heterocycles. The molecular weight excluding hydrogens is 204 g/mol. The van der Waals surface area contributed by atoms with Crippen molar-refractivity contribution in [3.8, 4) is 5.88 Å². The van der Waals surface area contributed by atoms with Gasteiger partial charge < -0.3 is 15.8 Å². The Labute approximate surface area is 96.4 Å². The molecule has 16 heavy (non-hydrogen) atoms. The number of anilines is 1. The van der Waals surface area contributed by atoms with Crippen molar-refractivity contribution >= 4 is 5.82 Å². The molecule has 5 heteroatoms. The molecule has 1 unspecified atom stereocenters. The molecule has 1 atom stereocenters. The van der Waals surface area contributed by atoms with Gasteiger partial charge >= 0.3 is 0 Å². The van der Waals surface area contributed by atoms with E-state index < -0.39 is 0 Å². The van der Waals surface area contributed by atoms with Crippen LogP contribution in [0.2, 0.25) is 0 Å². The summed E-state index contributed by atoms with van der Waals surface area (Å²) in [5.74, 6) is 1.23. The lowest BCUT2D eigenvalue weighted by molar-refractivity contribution is 0.325. The monoisotopic (exact) mass is 224 g/mol. The summed E-state index contributed by atoms with van der Waals surface area (Å²) < 4.78 is 5.28. The minimum atomic E-state index is -0.153. The van der Waals surface area contributed by atoms with Crippen LogP contribution in [0.3, 0.4) is 0 Å². The molecule has 90 valence electrons. The second kappa shape index (κ2) is 5.65. The Hall–Kier alpha value is -1.36. The molecule has 5 nitrogen and oxygen atoms in total. The van der Waals surface area contributed by atoms with Crippen LogP contribution in [0.15, 0.2) is 12.4 Å². The zero-order chi connectivity index (χ0) is 12.0. The molecule has 0 spiro atoms. The topological polar surface area (TPSA) is 73.1 Å². The zero-order valence-corrected chi connectivity index (χ0v) is 10.2. The molecule has 0 aliphatic rings. The van der Waals surface area contributed by atoms with Gasteiger partial charge in [0.1, 0.15) is 5.82 Å². The number of hydrogen-bond donors (Lipinski definition) is 2. The highest BCUT2D eigenvalue weighted by atomic mass is 16.5. The summed E-state index contributed by atoms with van der Waals surface area (Å²) >= 11 is 0. The SMILES string of the molecule is CCOc1cncc(NC(C)(CC)CN)n1. The molecule has 0 bridgehead atoms. The highest BCUT2D eigenvalue weighted by Crippen LogP contribution is 2.16. The molecule has 0 radical (unpaired) electrons. The van der Waals surface area contributed by atoms with E-state index in [9.17, 15) is 0 Å². The zero-order valence-electron chi connectivity index (χ0n) is 10.2. The summed E-state index contributed by atoms with van der Waals surface area (Å²) in [5.41, 5.74) is 5.57. The standard InChI is InChI=1S/C11H20N4O/c1-4-11(3,8-12)15-9-6-13-7-10(14-9)16-5-2/h6-7H,4-5,8,12H2,1-3H3,(H,14,15). The van der Waals surface area contributed by atoms with Gasteiger partial charge in [0.05, 0.1) is 19.0 Å².